The van der Waals surface area contributed by atoms with Gasteiger partial charge in [0.25, 0.3) is 11.8 Å². The number of benzene rings is 1. The molecule has 2 amide bonds. The van der Waals surface area contributed by atoms with Gasteiger partial charge in [-0.3, -0.25) is 14.8 Å². The minimum atomic E-state index is -0.545. The summed E-state index contributed by atoms with van der Waals surface area (Å²) in [6, 6.07) is 6.96. The number of nitrogens with zero attached hydrogens (tertiary/aromatic N) is 2. The molecule has 2 aromatic rings. The number of rotatable bonds is 2. The molecule has 8 heteroatoms. The standard InChI is InChI=1S/C18H19Cl2N3O3/c1-22-15(10-14(19)16(22)20)18(25)23-7-2-3-11-4-5-13(17(24)21-26)9-12(11)6-8-23/h4-5,9-10,26H,2-3,6-8H2,1H3,(H,21,24). The maximum Gasteiger partial charge on any atom is 0.274 e. The number of hydrogen-bond donors (Lipinski definition) is 2. The van der Waals surface area contributed by atoms with Gasteiger partial charge in [-0.05, 0) is 48.6 Å². The first kappa shape index (κ1) is 18.8. The Kier molecular flexibility index (Phi) is 5.55. The molecule has 0 saturated heterocycles. The van der Waals surface area contributed by atoms with Crippen LogP contribution >= 0.6 is 23.2 Å². The Bertz CT molecular complexity index is 864. The van der Waals surface area contributed by atoms with Gasteiger partial charge in [-0.15, -0.1) is 0 Å². The van der Waals surface area contributed by atoms with Crippen molar-refractivity contribution in [3.05, 3.63) is 56.8 Å². The molecule has 1 aromatic heterocycles. The summed E-state index contributed by atoms with van der Waals surface area (Å²) in [6.45, 7) is 1.16. The number of aryl methyl sites for hydroxylation is 1. The van der Waals surface area contributed by atoms with E-state index in [4.69, 9.17) is 28.4 Å². The molecule has 0 unspecified atom stereocenters. The molecule has 1 aliphatic heterocycles. The van der Waals surface area contributed by atoms with Gasteiger partial charge in [-0.2, -0.15) is 0 Å². The first-order chi connectivity index (χ1) is 12.4. The minimum Gasteiger partial charge on any atom is -0.337 e. The van der Waals surface area contributed by atoms with E-state index in [0.29, 0.717) is 40.9 Å². The third kappa shape index (κ3) is 3.58. The van der Waals surface area contributed by atoms with Crippen molar-refractivity contribution >= 4 is 35.0 Å². The van der Waals surface area contributed by atoms with Crippen LogP contribution in [0.4, 0.5) is 0 Å². The first-order valence-corrected chi connectivity index (χ1v) is 9.04. The Morgan fingerprint density at radius 1 is 1.12 bits per heavy atom. The zero-order chi connectivity index (χ0) is 18.8. The molecular formula is C18H19Cl2N3O3. The highest BCUT2D eigenvalue weighted by atomic mass is 35.5. The molecule has 3 rings (SSSR count). The normalized spacial score (nSPS) is 14.4. The lowest BCUT2D eigenvalue weighted by molar-refractivity contribution is 0.0704. The van der Waals surface area contributed by atoms with Crippen LogP contribution in [0.5, 0.6) is 0 Å². The summed E-state index contributed by atoms with van der Waals surface area (Å²) >= 11 is 12.1. The van der Waals surface area contributed by atoms with Crippen LogP contribution in [0.2, 0.25) is 10.2 Å². The number of hydrogen-bond acceptors (Lipinski definition) is 3. The quantitative estimate of drug-likeness (QED) is 0.605. The lowest BCUT2D eigenvalue weighted by Gasteiger charge is -2.26. The number of fused-ring (bicyclic) bond motifs is 1. The molecule has 0 fully saturated rings. The van der Waals surface area contributed by atoms with Crippen molar-refractivity contribution in [1.29, 1.82) is 0 Å². The van der Waals surface area contributed by atoms with Crippen molar-refractivity contribution in [3.8, 4) is 0 Å². The number of amides is 2. The third-order valence-corrected chi connectivity index (χ3v) is 5.56. The van der Waals surface area contributed by atoms with Crippen LogP contribution in [0.15, 0.2) is 24.3 Å². The number of halogens is 2. The van der Waals surface area contributed by atoms with E-state index in [0.717, 1.165) is 24.0 Å². The highest BCUT2D eigenvalue weighted by Crippen LogP contribution is 2.26. The number of aromatic nitrogens is 1. The predicted octanol–water partition coefficient (Wildman–Crippen LogP) is 3.08. The number of carbonyl (C=O) groups is 2. The second kappa shape index (κ2) is 7.70. The van der Waals surface area contributed by atoms with Crippen molar-refractivity contribution in [3.63, 3.8) is 0 Å². The fourth-order valence-electron chi connectivity index (χ4n) is 3.25. The molecule has 1 aromatic carbocycles. The van der Waals surface area contributed by atoms with Crippen molar-refractivity contribution in [2.75, 3.05) is 13.1 Å². The van der Waals surface area contributed by atoms with Crippen LogP contribution in [0.25, 0.3) is 0 Å². The number of hydroxylamine groups is 1. The van der Waals surface area contributed by atoms with Crippen LogP contribution in [-0.2, 0) is 19.9 Å². The Morgan fingerprint density at radius 2 is 1.88 bits per heavy atom. The van der Waals surface area contributed by atoms with Crippen LogP contribution in [0, 0.1) is 0 Å². The van der Waals surface area contributed by atoms with E-state index in [9.17, 15) is 9.59 Å². The van der Waals surface area contributed by atoms with Crippen LogP contribution in [0.1, 0.15) is 38.4 Å². The van der Waals surface area contributed by atoms with Gasteiger partial charge in [0.1, 0.15) is 10.8 Å². The molecule has 0 bridgehead atoms. The average molecular weight is 396 g/mol. The third-order valence-electron chi connectivity index (χ3n) is 4.72. The highest BCUT2D eigenvalue weighted by Gasteiger charge is 2.23. The molecule has 2 N–H and O–H groups in total. The van der Waals surface area contributed by atoms with Gasteiger partial charge in [0.05, 0.1) is 5.02 Å². The fraction of sp³-hybridized carbons (Fsp3) is 0.333. The van der Waals surface area contributed by atoms with Gasteiger partial charge >= 0.3 is 0 Å². The summed E-state index contributed by atoms with van der Waals surface area (Å²) in [5.74, 6) is -0.662. The van der Waals surface area contributed by atoms with Gasteiger partial charge in [0.15, 0.2) is 0 Å². The molecule has 2 heterocycles. The Balaban J connectivity index is 1.81. The fourth-order valence-corrected chi connectivity index (χ4v) is 3.62. The Hall–Kier alpha value is -2.02. The molecule has 0 radical (unpaired) electrons. The summed E-state index contributed by atoms with van der Waals surface area (Å²) < 4.78 is 1.59. The summed E-state index contributed by atoms with van der Waals surface area (Å²) in [6.07, 6.45) is 2.25. The van der Waals surface area contributed by atoms with Gasteiger partial charge in [-0.1, -0.05) is 29.3 Å². The van der Waals surface area contributed by atoms with Crippen LogP contribution in [-0.4, -0.2) is 39.6 Å². The molecule has 138 valence electrons. The van der Waals surface area contributed by atoms with E-state index in [-0.39, 0.29) is 5.91 Å². The maximum atomic E-state index is 12.9. The predicted molar refractivity (Wildman–Crippen MR) is 99.1 cm³/mol. The van der Waals surface area contributed by atoms with Crippen molar-refractivity contribution in [2.45, 2.75) is 19.3 Å². The molecular weight excluding hydrogens is 377 g/mol. The minimum absolute atomic E-state index is 0.117. The van der Waals surface area contributed by atoms with Gasteiger partial charge in [0, 0.05) is 25.7 Å². The Labute approximate surface area is 161 Å². The van der Waals surface area contributed by atoms with Crippen LogP contribution < -0.4 is 5.48 Å². The average Bonchev–Trinajstić information content (AvgIpc) is 2.88. The molecule has 0 aliphatic carbocycles. The summed E-state index contributed by atoms with van der Waals surface area (Å²) in [5.41, 5.74) is 4.66. The second-order valence-electron chi connectivity index (χ2n) is 6.30. The number of carbonyl (C=O) groups excluding carboxylic acids is 2. The second-order valence-corrected chi connectivity index (χ2v) is 7.06. The first-order valence-electron chi connectivity index (χ1n) is 8.28. The van der Waals surface area contributed by atoms with E-state index in [1.165, 1.54) is 0 Å². The van der Waals surface area contributed by atoms with Gasteiger partial charge < -0.3 is 9.47 Å². The van der Waals surface area contributed by atoms with E-state index in [1.54, 1.807) is 40.2 Å². The van der Waals surface area contributed by atoms with Crippen LogP contribution in [0.3, 0.4) is 0 Å². The molecule has 0 atom stereocenters. The zero-order valence-corrected chi connectivity index (χ0v) is 15.8. The monoisotopic (exact) mass is 395 g/mol. The molecule has 26 heavy (non-hydrogen) atoms. The van der Waals surface area contributed by atoms with E-state index in [2.05, 4.69) is 0 Å². The molecule has 0 saturated carbocycles. The van der Waals surface area contributed by atoms with Crippen molar-refractivity contribution in [1.82, 2.24) is 14.9 Å². The SMILES string of the molecule is Cn1c(C(=O)N2CCCc3ccc(C(=O)NO)cc3CC2)cc(Cl)c1Cl. The van der Waals surface area contributed by atoms with Gasteiger partial charge in [0.2, 0.25) is 0 Å². The van der Waals surface area contributed by atoms with E-state index < -0.39 is 5.91 Å². The highest BCUT2D eigenvalue weighted by molar-refractivity contribution is 6.41. The molecule has 6 nitrogen and oxygen atoms in total. The van der Waals surface area contributed by atoms with Crippen molar-refractivity contribution < 1.29 is 14.8 Å². The maximum absolute atomic E-state index is 12.9. The smallest absolute Gasteiger partial charge is 0.274 e. The summed E-state index contributed by atoms with van der Waals surface area (Å²) in [5, 5.41) is 9.50. The molecule has 1 aliphatic rings. The van der Waals surface area contributed by atoms with E-state index in [1.807, 2.05) is 6.07 Å². The largest absolute Gasteiger partial charge is 0.337 e. The summed E-state index contributed by atoms with van der Waals surface area (Å²) in [4.78, 5) is 26.3. The molecule has 0 spiro atoms. The van der Waals surface area contributed by atoms with E-state index >= 15 is 0 Å². The van der Waals surface area contributed by atoms with Gasteiger partial charge in [-0.25, -0.2) is 5.48 Å². The Morgan fingerprint density at radius 3 is 2.54 bits per heavy atom. The zero-order valence-electron chi connectivity index (χ0n) is 14.3. The lowest BCUT2D eigenvalue weighted by Crippen LogP contribution is -2.36. The van der Waals surface area contributed by atoms with Crippen molar-refractivity contribution in [2.24, 2.45) is 7.05 Å². The summed E-state index contributed by atoms with van der Waals surface area (Å²) in [7, 11) is 1.71. The number of nitrogens with one attached hydrogen (secondary N) is 1. The lowest BCUT2D eigenvalue weighted by atomic mass is 9.95. The topological polar surface area (TPSA) is 74.6 Å².